The summed E-state index contributed by atoms with van der Waals surface area (Å²) in [5.74, 6) is -0.593. The van der Waals surface area contributed by atoms with Crippen molar-refractivity contribution in [1.82, 2.24) is 19.7 Å². The molecule has 7 nitrogen and oxygen atoms in total. The van der Waals surface area contributed by atoms with E-state index >= 15 is 0 Å². The molecule has 0 aliphatic rings. The average Bonchev–Trinajstić information content (AvgIpc) is 2.76. The molecule has 25 heavy (non-hydrogen) atoms. The van der Waals surface area contributed by atoms with E-state index in [1.54, 1.807) is 27.7 Å². The molecular weight excluding hydrogens is 363 g/mol. The largest absolute Gasteiger partial charge is 0.442 e. The van der Waals surface area contributed by atoms with Gasteiger partial charge in [0.25, 0.3) is 0 Å². The zero-order valence-corrected chi connectivity index (χ0v) is 14.5. The number of rotatable bonds is 2. The van der Waals surface area contributed by atoms with Gasteiger partial charge in [-0.2, -0.15) is 22.8 Å². The van der Waals surface area contributed by atoms with Gasteiger partial charge in [0.05, 0.1) is 0 Å². The summed E-state index contributed by atoms with van der Waals surface area (Å²) in [5, 5.41) is 5.94. The van der Waals surface area contributed by atoms with E-state index in [-0.39, 0.29) is 11.1 Å². The Morgan fingerprint density at radius 2 is 1.96 bits per heavy atom. The van der Waals surface area contributed by atoms with Gasteiger partial charge in [0.15, 0.2) is 5.82 Å². The van der Waals surface area contributed by atoms with Crippen LogP contribution in [0.25, 0.3) is 0 Å². The molecular formula is C14H15ClF3N5O2. The average molecular weight is 378 g/mol. The third-order valence-electron chi connectivity index (χ3n) is 2.77. The Kier molecular flexibility index (Phi) is 4.94. The van der Waals surface area contributed by atoms with Crippen molar-refractivity contribution in [2.24, 2.45) is 0 Å². The standard InChI is InChI=1S/C14H15ClF3N5O2/c1-7-5-9(22-23(7)12(24)25-13(2,3)4)20-10-8(14(16,17)18)6-19-11(15)21-10/h5-6H,1-4H3,(H,19,20,21,22). The molecule has 2 aromatic heterocycles. The lowest BCUT2D eigenvalue weighted by molar-refractivity contribution is -0.137. The first-order valence-corrected chi connectivity index (χ1v) is 7.41. The minimum Gasteiger partial charge on any atom is -0.442 e. The molecule has 0 radical (unpaired) electrons. The lowest BCUT2D eigenvalue weighted by Gasteiger charge is -2.19. The zero-order chi connectivity index (χ0) is 19.0. The predicted molar refractivity (Wildman–Crippen MR) is 83.9 cm³/mol. The molecule has 136 valence electrons. The number of aromatic nitrogens is 4. The van der Waals surface area contributed by atoms with Crippen LogP contribution in [0.3, 0.4) is 0 Å². The Morgan fingerprint density at radius 1 is 1.32 bits per heavy atom. The lowest BCUT2D eigenvalue weighted by Crippen LogP contribution is -2.28. The van der Waals surface area contributed by atoms with Gasteiger partial charge >= 0.3 is 12.3 Å². The molecule has 1 N–H and O–H groups in total. The molecule has 0 bridgehead atoms. The van der Waals surface area contributed by atoms with Crippen LogP contribution in [0.4, 0.5) is 29.6 Å². The molecule has 0 amide bonds. The van der Waals surface area contributed by atoms with Crippen LogP contribution in [0.15, 0.2) is 12.3 Å². The van der Waals surface area contributed by atoms with Gasteiger partial charge in [0.2, 0.25) is 5.28 Å². The predicted octanol–water partition coefficient (Wildman–Crippen LogP) is 4.18. The normalized spacial score (nSPS) is 12.2. The van der Waals surface area contributed by atoms with E-state index in [1.165, 1.54) is 6.07 Å². The summed E-state index contributed by atoms with van der Waals surface area (Å²) in [6.07, 6.45) is -4.87. The first kappa shape index (κ1) is 19.0. The summed E-state index contributed by atoms with van der Waals surface area (Å²) in [5.41, 5.74) is -1.49. The Labute approximate surface area is 146 Å². The van der Waals surface area contributed by atoms with Crippen molar-refractivity contribution in [3.8, 4) is 0 Å². The van der Waals surface area contributed by atoms with Crippen LogP contribution in [0.1, 0.15) is 32.0 Å². The van der Waals surface area contributed by atoms with Gasteiger partial charge in [-0.25, -0.2) is 9.78 Å². The highest BCUT2D eigenvalue weighted by Gasteiger charge is 2.35. The van der Waals surface area contributed by atoms with Gasteiger partial charge in [0, 0.05) is 18.0 Å². The molecule has 2 heterocycles. The lowest BCUT2D eigenvalue weighted by atomic mass is 10.2. The van der Waals surface area contributed by atoms with E-state index in [1.807, 2.05) is 0 Å². The highest BCUT2D eigenvalue weighted by Crippen LogP contribution is 2.34. The van der Waals surface area contributed by atoms with Crippen LogP contribution in [0.2, 0.25) is 5.28 Å². The highest BCUT2D eigenvalue weighted by atomic mass is 35.5. The molecule has 0 saturated heterocycles. The van der Waals surface area contributed by atoms with Crippen molar-refractivity contribution in [2.45, 2.75) is 39.5 Å². The number of hydrogen-bond acceptors (Lipinski definition) is 6. The van der Waals surface area contributed by atoms with E-state index in [4.69, 9.17) is 16.3 Å². The molecule has 0 aromatic carbocycles. The second-order valence-corrected chi connectivity index (χ2v) is 6.43. The highest BCUT2D eigenvalue weighted by molar-refractivity contribution is 6.28. The smallest absolute Gasteiger partial charge is 0.435 e. The van der Waals surface area contributed by atoms with Crippen molar-refractivity contribution in [1.29, 1.82) is 0 Å². The minimum absolute atomic E-state index is 0.0244. The third-order valence-corrected chi connectivity index (χ3v) is 2.95. The zero-order valence-electron chi connectivity index (χ0n) is 13.8. The molecule has 0 fully saturated rings. The minimum atomic E-state index is -4.68. The maximum Gasteiger partial charge on any atom is 0.435 e. The Balaban J connectivity index is 2.33. The SMILES string of the molecule is Cc1cc(Nc2nc(Cl)ncc2C(F)(F)F)nn1C(=O)OC(C)(C)C. The van der Waals surface area contributed by atoms with E-state index in [0.29, 0.717) is 11.9 Å². The van der Waals surface area contributed by atoms with Crippen LogP contribution >= 0.6 is 11.6 Å². The number of halogens is 4. The Bertz CT molecular complexity index is 799. The first-order valence-electron chi connectivity index (χ1n) is 7.03. The van der Waals surface area contributed by atoms with Crippen LogP contribution in [0.5, 0.6) is 0 Å². The van der Waals surface area contributed by atoms with Gasteiger partial charge in [0.1, 0.15) is 17.0 Å². The van der Waals surface area contributed by atoms with Gasteiger partial charge in [-0.1, -0.05) is 0 Å². The Morgan fingerprint density at radius 3 is 2.52 bits per heavy atom. The topological polar surface area (TPSA) is 81.9 Å². The fraction of sp³-hybridized carbons (Fsp3) is 0.429. The summed E-state index contributed by atoms with van der Waals surface area (Å²) >= 11 is 5.56. The molecule has 0 saturated carbocycles. The summed E-state index contributed by atoms with van der Waals surface area (Å²) in [4.78, 5) is 18.9. The molecule has 0 unspecified atom stereocenters. The van der Waals surface area contributed by atoms with Crippen LogP contribution in [-0.2, 0) is 10.9 Å². The molecule has 2 rings (SSSR count). The quantitative estimate of drug-likeness (QED) is 0.790. The van der Waals surface area contributed by atoms with E-state index < -0.39 is 29.3 Å². The maximum absolute atomic E-state index is 13.0. The Hall–Kier alpha value is -2.36. The number of hydrogen-bond donors (Lipinski definition) is 1. The number of nitrogens with one attached hydrogen (secondary N) is 1. The van der Waals surface area contributed by atoms with Gasteiger partial charge < -0.3 is 10.1 Å². The van der Waals surface area contributed by atoms with Crippen LogP contribution in [0, 0.1) is 6.92 Å². The summed E-state index contributed by atoms with van der Waals surface area (Å²) < 4.78 is 45.2. The number of anilines is 2. The van der Waals surface area contributed by atoms with Crippen molar-refractivity contribution >= 4 is 29.3 Å². The maximum atomic E-state index is 13.0. The van der Waals surface area contributed by atoms with Crippen LogP contribution < -0.4 is 5.32 Å². The first-order chi connectivity index (χ1) is 11.4. The summed E-state index contributed by atoms with van der Waals surface area (Å²) in [6, 6.07) is 1.38. The van der Waals surface area contributed by atoms with Crippen molar-refractivity contribution in [3.05, 3.63) is 28.8 Å². The van der Waals surface area contributed by atoms with Crippen molar-refractivity contribution in [2.75, 3.05) is 5.32 Å². The number of nitrogens with zero attached hydrogens (tertiary/aromatic N) is 4. The number of carbonyl (C=O) groups excluding carboxylic acids is 1. The second kappa shape index (κ2) is 6.51. The second-order valence-electron chi connectivity index (χ2n) is 6.09. The number of alkyl halides is 3. The summed E-state index contributed by atoms with van der Waals surface area (Å²) in [7, 11) is 0. The molecule has 11 heteroatoms. The number of carbonyl (C=O) groups is 1. The van der Waals surface area contributed by atoms with Gasteiger partial charge in [-0.05, 0) is 39.3 Å². The van der Waals surface area contributed by atoms with E-state index in [9.17, 15) is 18.0 Å². The fourth-order valence-electron chi connectivity index (χ4n) is 1.81. The van der Waals surface area contributed by atoms with E-state index in [0.717, 1.165) is 4.68 Å². The number of aryl methyl sites for hydroxylation is 1. The fourth-order valence-corrected chi connectivity index (χ4v) is 1.94. The van der Waals surface area contributed by atoms with Crippen molar-refractivity contribution < 1.29 is 22.7 Å². The monoisotopic (exact) mass is 377 g/mol. The van der Waals surface area contributed by atoms with Crippen molar-refractivity contribution in [3.63, 3.8) is 0 Å². The molecule has 0 aliphatic carbocycles. The van der Waals surface area contributed by atoms with Gasteiger partial charge in [-0.15, -0.1) is 5.10 Å². The molecule has 0 spiro atoms. The summed E-state index contributed by atoms with van der Waals surface area (Å²) in [6.45, 7) is 6.60. The van der Waals surface area contributed by atoms with Crippen LogP contribution in [-0.4, -0.2) is 31.4 Å². The molecule has 2 aromatic rings. The van der Waals surface area contributed by atoms with Gasteiger partial charge in [-0.3, -0.25) is 0 Å². The molecule has 0 atom stereocenters. The number of ether oxygens (including phenoxy) is 1. The third kappa shape index (κ3) is 4.81. The molecule has 0 aliphatic heterocycles. The van der Waals surface area contributed by atoms with E-state index in [2.05, 4.69) is 20.4 Å².